The Balaban J connectivity index is 1.96. The molecular formula is C18H21ClN4O2S. The van der Waals surface area contributed by atoms with Gasteiger partial charge in [-0.25, -0.2) is 4.98 Å². The second-order valence-electron chi connectivity index (χ2n) is 6.43. The Hall–Kier alpha value is -1.86. The summed E-state index contributed by atoms with van der Waals surface area (Å²) < 4.78 is 7.28. The van der Waals surface area contributed by atoms with Crippen LogP contribution in [0.3, 0.4) is 0 Å². The minimum Gasteiger partial charge on any atom is -0.424 e. The van der Waals surface area contributed by atoms with Crippen molar-refractivity contribution >= 4 is 34.3 Å². The summed E-state index contributed by atoms with van der Waals surface area (Å²) in [5.41, 5.74) is 0.556. The fourth-order valence-corrected chi connectivity index (χ4v) is 3.51. The average Bonchev–Trinajstić information content (AvgIpc) is 3.07. The highest BCUT2D eigenvalue weighted by atomic mass is 35.5. The van der Waals surface area contributed by atoms with Crippen LogP contribution in [0.5, 0.6) is 0 Å². The number of fused-ring (bicyclic) bond motifs is 1. The van der Waals surface area contributed by atoms with Gasteiger partial charge in [-0.15, -0.1) is 10.2 Å². The van der Waals surface area contributed by atoms with Crippen LogP contribution in [0.2, 0.25) is 5.02 Å². The Morgan fingerprint density at radius 1 is 1.27 bits per heavy atom. The Morgan fingerprint density at radius 3 is 2.73 bits per heavy atom. The molecule has 0 atom stereocenters. The average molecular weight is 393 g/mol. The van der Waals surface area contributed by atoms with Crippen molar-refractivity contribution in [2.24, 2.45) is 5.92 Å². The summed E-state index contributed by atoms with van der Waals surface area (Å²) >= 11 is 7.49. The molecule has 0 amide bonds. The first-order valence-electron chi connectivity index (χ1n) is 8.62. The van der Waals surface area contributed by atoms with Crippen LogP contribution >= 0.6 is 23.4 Å². The third-order valence-corrected chi connectivity index (χ3v) is 5.14. The van der Waals surface area contributed by atoms with Gasteiger partial charge in [0.05, 0.1) is 16.7 Å². The predicted molar refractivity (Wildman–Crippen MR) is 104 cm³/mol. The number of hydrogen-bond acceptors (Lipinski definition) is 6. The van der Waals surface area contributed by atoms with Crippen LogP contribution < -0.4 is 5.56 Å². The van der Waals surface area contributed by atoms with Crippen molar-refractivity contribution in [3.63, 3.8) is 0 Å². The van der Waals surface area contributed by atoms with Gasteiger partial charge in [0, 0.05) is 18.0 Å². The molecule has 0 N–H and O–H groups in total. The number of aryl methyl sites for hydroxylation is 1. The molecule has 1 aromatic carbocycles. The zero-order valence-electron chi connectivity index (χ0n) is 15.0. The van der Waals surface area contributed by atoms with E-state index >= 15 is 0 Å². The Bertz CT molecular complexity index is 967. The monoisotopic (exact) mass is 392 g/mol. The summed E-state index contributed by atoms with van der Waals surface area (Å²) in [5.74, 6) is 2.09. The van der Waals surface area contributed by atoms with E-state index in [4.69, 9.17) is 16.0 Å². The second-order valence-corrected chi connectivity index (χ2v) is 7.81. The lowest BCUT2D eigenvalue weighted by Crippen LogP contribution is -2.24. The van der Waals surface area contributed by atoms with E-state index in [-0.39, 0.29) is 5.56 Å². The smallest absolute Gasteiger partial charge is 0.262 e. The predicted octanol–water partition coefficient (Wildman–Crippen LogP) is 4.33. The van der Waals surface area contributed by atoms with Gasteiger partial charge < -0.3 is 4.42 Å². The minimum absolute atomic E-state index is 0.0467. The van der Waals surface area contributed by atoms with E-state index in [9.17, 15) is 4.79 Å². The molecule has 26 heavy (non-hydrogen) atoms. The maximum absolute atomic E-state index is 13.0. The van der Waals surface area contributed by atoms with Crippen molar-refractivity contribution in [1.82, 2.24) is 19.7 Å². The van der Waals surface area contributed by atoms with Gasteiger partial charge in [0.2, 0.25) is 11.8 Å². The number of rotatable bonds is 7. The Kier molecular flexibility index (Phi) is 5.98. The van der Waals surface area contributed by atoms with Crippen molar-refractivity contribution in [1.29, 1.82) is 0 Å². The largest absolute Gasteiger partial charge is 0.424 e. The molecule has 0 aliphatic rings. The standard InChI is InChI=1S/C18H21ClN4O2S/c1-4-15-21-22-16(25-15)10-26-18-20-14-9-12(19)5-6-13(14)17(24)23(18)8-7-11(2)3/h5-6,9,11H,4,7-8,10H2,1-3H3. The quantitative estimate of drug-likeness (QED) is 0.440. The van der Waals surface area contributed by atoms with Gasteiger partial charge in [0.25, 0.3) is 5.56 Å². The zero-order valence-corrected chi connectivity index (χ0v) is 16.6. The molecule has 2 heterocycles. The molecule has 0 saturated carbocycles. The van der Waals surface area contributed by atoms with Crippen LogP contribution in [0.4, 0.5) is 0 Å². The summed E-state index contributed by atoms with van der Waals surface area (Å²) in [7, 11) is 0. The third kappa shape index (κ3) is 4.27. The molecule has 0 saturated heterocycles. The zero-order chi connectivity index (χ0) is 18.7. The highest BCUT2D eigenvalue weighted by Crippen LogP contribution is 2.24. The molecule has 0 fully saturated rings. The highest BCUT2D eigenvalue weighted by Gasteiger charge is 2.14. The van der Waals surface area contributed by atoms with Gasteiger partial charge in [0.1, 0.15) is 0 Å². The van der Waals surface area contributed by atoms with Crippen LogP contribution in [0.15, 0.2) is 32.6 Å². The fourth-order valence-electron chi connectivity index (χ4n) is 2.48. The molecule has 3 rings (SSSR count). The number of hydrogen-bond donors (Lipinski definition) is 0. The highest BCUT2D eigenvalue weighted by molar-refractivity contribution is 7.98. The van der Waals surface area contributed by atoms with Crippen LogP contribution in [0.25, 0.3) is 10.9 Å². The van der Waals surface area contributed by atoms with Crippen LogP contribution in [-0.2, 0) is 18.7 Å². The van der Waals surface area contributed by atoms with Crippen molar-refractivity contribution in [3.8, 4) is 0 Å². The van der Waals surface area contributed by atoms with Crippen LogP contribution in [0.1, 0.15) is 39.0 Å². The Labute approximate surface area is 161 Å². The van der Waals surface area contributed by atoms with Crippen LogP contribution in [-0.4, -0.2) is 19.7 Å². The molecule has 0 aliphatic heterocycles. The van der Waals surface area contributed by atoms with Crippen molar-refractivity contribution in [2.45, 2.75) is 51.1 Å². The molecule has 6 nitrogen and oxygen atoms in total. The van der Waals surface area contributed by atoms with E-state index in [0.29, 0.717) is 57.5 Å². The van der Waals surface area contributed by atoms with E-state index in [1.807, 2.05) is 6.92 Å². The van der Waals surface area contributed by atoms with Crippen molar-refractivity contribution in [2.75, 3.05) is 0 Å². The maximum atomic E-state index is 13.0. The molecular weight excluding hydrogens is 372 g/mol. The summed E-state index contributed by atoms with van der Waals surface area (Å²) in [6.07, 6.45) is 1.60. The molecule has 3 aromatic rings. The lowest BCUT2D eigenvalue weighted by atomic mass is 10.1. The van der Waals surface area contributed by atoms with Gasteiger partial charge in [0.15, 0.2) is 5.16 Å². The number of halogens is 1. The maximum Gasteiger partial charge on any atom is 0.262 e. The van der Waals surface area contributed by atoms with E-state index in [0.717, 1.165) is 6.42 Å². The van der Waals surface area contributed by atoms with E-state index in [1.54, 1.807) is 22.8 Å². The van der Waals surface area contributed by atoms with Crippen LogP contribution in [0, 0.1) is 5.92 Å². The van der Waals surface area contributed by atoms with E-state index < -0.39 is 0 Å². The number of thioether (sulfide) groups is 1. The van der Waals surface area contributed by atoms with Crippen molar-refractivity contribution < 1.29 is 4.42 Å². The number of nitrogens with zero attached hydrogens (tertiary/aromatic N) is 4. The SMILES string of the molecule is CCc1nnc(CSc2nc3cc(Cl)ccc3c(=O)n2CCC(C)C)o1. The molecule has 0 radical (unpaired) electrons. The van der Waals surface area contributed by atoms with E-state index in [2.05, 4.69) is 29.0 Å². The fraction of sp³-hybridized carbons (Fsp3) is 0.444. The first kappa shape index (κ1) is 18.9. The lowest BCUT2D eigenvalue weighted by Gasteiger charge is -2.13. The third-order valence-electron chi connectivity index (χ3n) is 3.95. The summed E-state index contributed by atoms with van der Waals surface area (Å²) in [6, 6.07) is 5.17. The number of benzene rings is 1. The molecule has 8 heteroatoms. The van der Waals surface area contributed by atoms with Gasteiger partial charge >= 0.3 is 0 Å². The molecule has 0 spiro atoms. The number of aromatic nitrogens is 4. The normalized spacial score (nSPS) is 11.6. The van der Waals surface area contributed by atoms with Gasteiger partial charge in [-0.1, -0.05) is 44.1 Å². The van der Waals surface area contributed by atoms with E-state index in [1.165, 1.54) is 11.8 Å². The molecule has 2 aromatic heterocycles. The summed E-state index contributed by atoms with van der Waals surface area (Å²) in [5, 5.41) is 9.78. The summed E-state index contributed by atoms with van der Waals surface area (Å²) in [6.45, 7) is 6.85. The molecule has 0 unspecified atom stereocenters. The lowest BCUT2D eigenvalue weighted by molar-refractivity contribution is 0.468. The summed E-state index contributed by atoms with van der Waals surface area (Å²) in [4.78, 5) is 17.6. The second kappa shape index (κ2) is 8.22. The minimum atomic E-state index is -0.0467. The molecule has 0 aliphatic carbocycles. The first-order valence-corrected chi connectivity index (χ1v) is 9.98. The molecule has 138 valence electrons. The first-order chi connectivity index (χ1) is 12.5. The van der Waals surface area contributed by atoms with Crippen molar-refractivity contribution in [3.05, 3.63) is 45.4 Å². The Morgan fingerprint density at radius 2 is 2.04 bits per heavy atom. The van der Waals surface area contributed by atoms with Gasteiger partial charge in [-0.05, 0) is 30.5 Å². The van der Waals surface area contributed by atoms with Gasteiger partial charge in [-0.3, -0.25) is 9.36 Å². The van der Waals surface area contributed by atoms with Gasteiger partial charge in [-0.2, -0.15) is 0 Å². The molecule has 0 bridgehead atoms. The topological polar surface area (TPSA) is 73.8 Å².